The van der Waals surface area contributed by atoms with Gasteiger partial charge in [-0.25, -0.2) is 13.6 Å². The van der Waals surface area contributed by atoms with E-state index in [1.54, 1.807) is 13.8 Å². The Morgan fingerprint density at radius 1 is 1.50 bits per heavy atom. The number of hydrogen-bond acceptors (Lipinski definition) is 4. The highest BCUT2D eigenvalue weighted by atomic mass is 19.2. The SMILES string of the molecule is CCOC(=O)c1cn2c3c(c(F)c(F)cc3c1=O)CC(C)N2. The highest BCUT2D eigenvalue weighted by Gasteiger charge is 2.26. The van der Waals surface area contributed by atoms with Crippen molar-refractivity contribution in [3.8, 4) is 0 Å². The number of ether oxygens (including phenoxy) is 1. The molecule has 2 heterocycles. The fourth-order valence-electron chi connectivity index (χ4n) is 2.75. The van der Waals surface area contributed by atoms with Gasteiger partial charge in [-0.15, -0.1) is 0 Å². The molecule has 0 spiro atoms. The van der Waals surface area contributed by atoms with Crippen molar-refractivity contribution in [3.63, 3.8) is 0 Å². The van der Waals surface area contributed by atoms with E-state index in [4.69, 9.17) is 4.74 Å². The van der Waals surface area contributed by atoms with Crippen LogP contribution in [0.2, 0.25) is 0 Å². The molecule has 0 bridgehead atoms. The smallest absolute Gasteiger partial charge is 0.343 e. The molecule has 22 heavy (non-hydrogen) atoms. The van der Waals surface area contributed by atoms with E-state index >= 15 is 0 Å². The molecule has 116 valence electrons. The van der Waals surface area contributed by atoms with Crippen molar-refractivity contribution < 1.29 is 18.3 Å². The topological polar surface area (TPSA) is 60.3 Å². The average molecular weight is 308 g/mol. The number of rotatable bonds is 2. The lowest BCUT2D eigenvalue weighted by Gasteiger charge is -2.27. The van der Waals surface area contributed by atoms with Crippen LogP contribution in [0.5, 0.6) is 0 Å². The van der Waals surface area contributed by atoms with Crippen LogP contribution in [0.25, 0.3) is 10.9 Å². The lowest BCUT2D eigenvalue weighted by molar-refractivity contribution is 0.0524. The maximum Gasteiger partial charge on any atom is 0.343 e. The number of aromatic nitrogens is 1. The molecule has 1 aromatic carbocycles. The third-order valence-corrected chi connectivity index (χ3v) is 3.64. The molecule has 1 aliphatic rings. The zero-order valence-electron chi connectivity index (χ0n) is 12.1. The average Bonchev–Trinajstić information content (AvgIpc) is 2.47. The van der Waals surface area contributed by atoms with Crippen molar-refractivity contribution in [2.75, 3.05) is 12.0 Å². The van der Waals surface area contributed by atoms with E-state index in [0.29, 0.717) is 0 Å². The van der Waals surface area contributed by atoms with Crippen LogP contribution in [0.15, 0.2) is 17.1 Å². The zero-order valence-corrected chi connectivity index (χ0v) is 12.1. The number of nitrogens with one attached hydrogen (secondary N) is 1. The van der Waals surface area contributed by atoms with Crippen LogP contribution >= 0.6 is 0 Å². The molecule has 0 aliphatic carbocycles. The lowest BCUT2D eigenvalue weighted by Crippen LogP contribution is -2.35. The third-order valence-electron chi connectivity index (χ3n) is 3.64. The summed E-state index contributed by atoms with van der Waals surface area (Å²) in [5.41, 5.74) is 2.53. The molecule has 0 fully saturated rings. The number of esters is 1. The standard InChI is InChI=1S/C15H14F2N2O3/c1-3-22-15(21)10-6-19-13-8(4-7(2)18-19)12(17)11(16)5-9(13)14(10)20/h5-7,18H,3-4H2,1-2H3. The molecule has 0 saturated carbocycles. The minimum absolute atomic E-state index is 0.0427. The van der Waals surface area contributed by atoms with Gasteiger partial charge in [-0.1, -0.05) is 0 Å². The van der Waals surface area contributed by atoms with Gasteiger partial charge >= 0.3 is 5.97 Å². The van der Waals surface area contributed by atoms with Crippen molar-refractivity contribution in [1.29, 1.82) is 0 Å². The molecule has 0 amide bonds. The molecule has 3 rings (SSSR count). The molecular weight excluding hydrogens is 294 g/mol. The van der Waals surface area contributed by atoms with Crippen molar-refractivity contribution in [3.05, 3.63) is 45.2 Å². The van der Waals surface area contributed by atoms with Crippen molar-refractivity contribution in [2.45, 2.75) is 26.3 Å². The Bertz CT molecular complexity index is 845. The molecule has 7 heteroatoms. The first-order valence-corrected chi connectivity index (χ1v) is 6.94. The molecule has 0 saturated heterocycles. The molecule has 1 N–H and O–H groups in total. The van der Waals surface area contributed by atoms with E-state index in [9.17, 15) is 18.4 Å². The summed E-state index contributed by atoms with van der Waals surface area (Å²) < 4.78 is 34.0. The second-order valence-corrected chi connectivity index (χ2v) is 5.24. The molecule has 1 atom stereocenters. The van der Waals surface area contributed by atoms with E-state index in [1.807, 2.05) is 0 Å². The second kappa shape index (κ2) is 5.08. The Balaban J connectivity index is 2.38. The maximum atomic E-state index is 14.0. The quantitative estimate of drug-likeness (QED) is 0.862. The first-order valence-electron chi connectivity index (χ1n) is 6.94. The Morgan fingerprint density at radius 2 is 2.23 bits per heavy atom. The number of carbonyl (C=O) groups excluding carboxylic acids is 1. The van der Waals surface area contributed by atoms with Gasteiger partial charge in [0.2, 0.25) is 5.43 Å². The fourth-order valence-corrected chi connectivity index (χ4v) is 2.75. The summed E-state index contributed by atoms with van der Waals surface area (Å²) in [4.78, 5) is 24.3. The Hall–Kier alpha value is -2.44. The largest absolute Gasteiger partial charge is 0.462 e. The van der Waals surface area contributed by atoms with Gasteiger partial charge in [0.05, 0.1) is 17.5 Å². The van der Waals surface area contributed by atoms with Crippen molar-refractivity contribution >= 4 is 16.9 Å². The second-order valence-electron chi connectivity index (χ2n) is 5.24. The van der Waals surface area contributed by atoms with Gasteiger partial charge in [0, 0.05) is 17.8 Å². The minimum atomic E-state index is -1.10. The van der Waals surface area contributed by atoms with Crippen molar-refractivity contribution in [1.82, 2.24) is 4.68 Å². The van der Waals surface area contributed by atoms with Gasteiger partial charge in [0.25, 0.3) is 0 Å². The predicted octanol–water partition coefficient (Wildman–Crippen LogP) is 1.94. The predicted molar refractivity (Wildman–Crippen MR) is 76.6 cm³/mol. The van der Waals surface area contributed by atoms with Crippen LogP contribution in [0, 0.1) is 11.6 Å². The normalized spacial score (nSPS) is 16.5. The highest BCUT2D eigenvalue weighted by Crippen LogP contribution is 2.27. The summed E-state index contributed by atoms with van der Waals surface area (Å²) in [6.07, 6.45) is 1.53. The fraction of sp³-hybridized carbons (Fsp3) is 0.333. The van der Waals surface area contributed by atoms with Crippen LogP contribution in [-0.2, 0) is 11.2 Å². The molecule has 1 aromatic heterocycles. The molecule has 2 aromatic rings. The van der Waals surface area contributed by atoms with Crippen LogP contribution in [0.4, 0.5) is 8.78 Å². The first kappa shape index (κ1) is 14.5. The monoisotopic (exact) mass is 308 g/mol. The molecule has 5 nitrogen and oxygen atoms in total. The number of hydrogen-bond donors (Lipinski definition) is 1. The van der Waals surface area contributed by atoms with Crippen molar-refractivity contribution in [2.24, 2.45) is 0 Å². The Morgan fingerprint density at radius 3 is 2.91 bits per heavy atom. The van der Waals surface area contributed by atoms with Gasteiger partial charge in [0.1, 0.15) is 5.56 Å². The van der Waals surface area contributed by atoms with E-state index in [0.717, 1.165) is 6.07 Å². The van der Waals surface area contributed by atoms with E-state index in [2.05, 4.69) is 5.43 Å². The van der Waals surface area contributed by atoms with Gasteiger partial charge in [-0.05, 0) is 26.3 Å². The van der Waals surface area contributed by atoms with Crippen LogP contribution in [0.3, 0.4) is 0 Å². The molecule has 1 aliphatic heterocycles. The van der Waals surface area contributed by atoms with Gasteiger partial charge in [0.15, 0.2) is 11.6 Å². The van der Waals surface area contributed by atoms with E-state index in [-0.39, 0.29) is 41.1 Å². The number of halogens is 2. The van der Waals surface area contributed by atoms with Crippen LogP contribution in [-0.4, -0.2) is 23.3 Å². The van der Waals surface area contributed by atoms with E-state index < -0.39 is 23.0 Å². The van der Waals surface area contributed by atoms with Crippen LogP contribution in [0.1, 0.15) is 29.8 Å². The number of benzene rings is 1. The molecule has 1 unspecified atom stereocenters. The Kier molecular flexibility index (Phi) is 3.35. The summed E-state index contributed by atoms with van der Waals surface area (Å²) >= 11 is 0. The molecule has 0 radical (unpaired) electrons. The minimum Gasteiger partial charge on any atom is -0.462 e. The van der Waals surface area contributed by atoms with Gasteiger partial charge < -0.3 is 10.2 Å². The van der Waals surface area contributed by atoms with Gasteiger partial charge in [-0.2, -0.15) is 0 Å². The Labute approximate surface area is 124 Å². The summed E-state index contributed by atoms with van der Waals surface area (Å²) in [6, 6.07) is 0.650. The summed E-state index contributed by atoms with van der Waals surface area (Å²) in [6.45, 7) is 3.53. The first-order chi connectivity index (χ1) is 10.4. The number of pyridine rings is 1. The van der Waals surface area contributed by atoms with Crippen LogP contribution < -0.4 is 10.9 Å². The summed E-state index contributed by atoms with van der Waals surface area (Å²) in [5, 5.41) is -0.0427. The summed E-state index contributed by atoms with van der Waals surface area (Å²) in [5.74, 6) is -2.84. The third kappa shape index (κ3) is 2.04. The zero-order chi connectivity index (χ0) is 16.0. The highest BCUT2D eigenvalue weighted by molar-refractivity contribution is 5.95. The van der Waals surface area contributed by atoms with Gasteiger partial charge in [-0.3, -0.25) is 9.47 Å². The number of nitrogens with zero attached hydrogens (tertiary/aromatic N) is 1. The van der Waals surface area contributed by atoms with E-state index in [1.165, 1.54) is 10.9 Å². The summed E-state index contributed by atoms with van der Waals surface area (Å²) in [7, 11) is 0. The lowest BCUT2D eigenvalue weighted by atomic mass is 9.99. The molecular formula is C15H14F2N2O3. The number of carbonyl (C=O) groups is 1. The maximum absolute atomic E-state index is 14.0.